The van der Waals surface area contributed by atoms with Gasteiger partial charge in [-0.3, -0.25) is 9.48 Å². The molecule has 0 radical (unpaired) electrons. The lowest BCUT2D eigenvalue weighted by molar-refractivity contribution is -0.148. The summed E-state index contributed by atoms with van der Waals surface area (Å²) >= 11 is 0. The molecule has 0 bridgehead atoms. The van der Waals surface area contributed by atoms with Gasteiger partial charge in [0.1, 0.15) is 0 Å². The molecule has 1 atom stereocenters. The fourth-order valence-electron chi connectivity index (χ4n) is 2.99. The first-order chi connectivity index (χ1) is 14.4. The van der Waals surface area contributed by atoms with Crippen molar-refractivity contribution >= 4 is 23.6 Å². The number of para-hydroxylation sites is 1. The molecule has 6 heteroatoms. The first-order valence-electron chi connectivity index (χ1n) is 9.74. The van der Waals surface area contributed by atoms with Crippen molar-refractivity contribution in [3.05, 3.63) is 89.3 Å². The van der Waals surface area contributed by atoms with Gasteiger partial charge in [0.05, 0.1) is 12.7 Å². The lowest BCUT2D eigenvalue weighted by atomic mass is 10.1. The van der Waals surface area contributed by atoms with Crippen LogP contribution in [0, 0.1) is 13.8 Å². The Morgan fingerprint density at radius 2 is 1.80 bits per heavy atom. The van der Waals surface area contributed by atoms with Crippen molar-refractivity contribution < 1.29 is 14.3 Å². The summed E-state index contributed by atoms with van der Waals surface area (Å²) < 4.78 is 7.02. The molecular formula is C24H25N3O3. The van der Waals surface area contributed by atoms with Crippen LogP contribution in [0.2, 0.25) is 0 Å². The lowest BCUT2D eigenvalue weighted by Crippen LogP contribution is -2.30. The number of amides is 1. The number of anilines is 1. The maximum absolute atomic E-state index is 12.4. The molecule has 1 amide bonds. The standard InChI is InChI=1S/C24H25N3O3/c1-17-8-7-9-18(2)23(17)26-24(29)19(3)30-22(28)13-12-21-14-25-27(16-21)15-20-10-5-4-6-11-20/h4-14,16,19H,15H2,1-3H3,(H,26,29)/b13-12+/t19-/m0/s1. The Kier molecular flexibility index (Phi) is 6.80. The summed E-state index contributed by atoms with van der Waals surface area (Å²) in [4.78, 5) is 24.5. The third-order valence-corrected chi connectivity index (χ3v) is 4.64. The quantitative estimate of drug-likeness (QED) is 0.475. The molecule has 0 fully saturated rings. The predicted octanol–water partition coefficient (Wildman–Crippen LogP) is 4.13. The van der Waals surface area contributed by atoms with Gasteiger partial charge < -0.3 is 10.1 Å². The van der Waals surface area contributed by atoms with Crippen LogP contribution in [0.4, 0.5) is 5.69 Å². The highest BCUT2D eigenvalue weighted by molar-refractivity contribution is 5.97. The van der Waals surface area contributed by atoms with E-state index in [1.807, 2.05) is 68.6 Å². The van der Waals surface area contributed by atoms with E-state index in [1.54, 1.807) is 23.9 Å². The third kappa shape index (κ3) is 5.67. The summed E-state index contributed by atoms with van der Waals surface area (Å²) in [5.74, 6) is -0.959. The number of carbonyl (C=O) groups is 2. The molecule has 3 aromatic rings. The third-order valence-electron chi connectivity index (χ3n) is 4.64. The van der Waals surface area contributed by atoms with Crippen molar-refractivity contribution in [2.24, 2.45) is 0 Å². The Morgan fingerprint density at radius 1 is 1.10 bits per heavy atom. The van der Waals surface area contributed by atoms with Gasteiger partial charge >= 0.3 is 5.97 Å². The molecule has 1 heterocycles. The number of carbonyl (C=O) groups excluding carboxylic acids is 2. The van der Waals surface area contributed by atoms with Gasteiger partial charge in [-0.15, -0.1) is 0 Å². The molecule has 1 aromatic heterocycles. The number of esters is 1. The van der Waals surface area contributed by atoms with Crippen LogP contribution in [0.3, 0.4) is 0 Å². The zero-order valence-corrected chi connectivity index (χ0v) is 17.3. The molecule has 0 saturated carbocycles. The van der Waals surface area contributed by atoms with Crippen molar-refractivity contribution in [1.29, 1.82) is 0 Å². The minimum absolute atomic E-state index is 0.371. The minimum atomic E-state index is -0.915. The van der Waals surface area contributed by atoms with E-state index in [0.717, 1.165) is 27.9 Å². The van der Waals surface area contributed by atoms with Crippen LogP contribution in [0.15, 0.2) is 67.0 Å². The fourth-order valence-corrected chi connectivity index (χ4v) is 2.99. The van der Waals surface area contributed by atoms with Crippen molar-refractivity contribution in [2.75, 3.05) is 5.32 Å². The molecule has 30 heavy (non-hydrogen) atoms. The largest absolute Gasteiger partial charge is 0.449 e. The Hall–Kier alpha value is -3.67. The number of aromatic nitrogens is 2. The summed E-state index contributed by atoms with van der Waals surface area (Å²) in [6.07, 6.45) is 5.51. The number of ether oxygens (including phenoxy) is 1. The van der Waals surface area contributed by atoms with E-state index >= 15 is 0 Å². The summed E-state index contributed by atoms with van der Waals surface area (Å²) in [6.45, 7) is 6.03. The number of hydrogen-bond acceptors (Lipinski definition) is 4. The van der Waals surface area contributed by atoms with Crippen LogP contribution in [-0.2, 0) is 20.9 Å². The van der Waals surface area contributed by atoms with E-state index in [-0.39, 0.29) is 5.91 Å². The van der Waals surface area contributed by atoms with E-state index in [4.69, 9.17) is 4.74 Å². The summed E-state index contributed by atoms with van der Waals surface area (Å²) in [6, 6.07) is 15.7. The zero-order chi connectivity index (χ0) is 21.5. The number of rotatable bonds is 7. The maximum atomic E-state index is 12.4. The van der Waals surface area contributed by atoms with Gasteiger partial charge in [-0.1, -0.05) is 48.5 Å². The second kappa shape index (κ2) is 9.69. The van der Waals surface area contributed by atoms with Gasteiger partial charge in [-0.25, -0.2) is 4.79 Å². The topological polar surface area (TPSA) is 73.2 Å². The highest BCUT2D eigenvalue weighted by Crippen LogP contribution is 2.19. The van der Waals surface area contributed by atoms with E-state index < -0.39 is 12.1 Å². The van der Waals surface area contributed by atoms with Crippen molar-refractivity contribution in [2.45, 2.75) is 33.4 Å². The highest BCUT2D eigenvalue weighted by atomic mass is 16.5. The number of nitrogens with one attached hydrogen (secondary N) is 1. The van der Waals surface area contributed by atoms with Crippen molar-refractivity contribution in [1.82, 2.24) is 9.78 Å². The highest BCUT2D eigenvalue weighted by Gasteiger charge is 2.18. The number of nitrogens with zero attached hydrogens (tertiary/aromatic N) is 2. The maximum Gasteiger partial charge on any atom is 0.331 e. The molecule has 0 unspecified atom stereocenters. The Morgan fingerprint density at radius 3 is 2.50 bits per heavy atom. The zero-order valence-electron chi connectivity index (χ0n) is 17.3. The molecule has 6 nitrogen and oxygen atoms in total. The lowest BCUT2D eigenvalue weighted by Gasteiger charge is -2.15. The van der Waals surface area contributed by atoms with Gasteiger partial charge in [0.15, 0.2) is 6.10 Å². The Labute approximate surface area is 176 Å². The van der Waals surface area contributed by atoms with Gasteiger partial charge in [0, 0.05) is 23.5 Å². The van der Waals surface area contributed by atoms with Crippen LogP contribution in [0.1, 0.15) is 29.2 Å². The van der Waals surface area contributed by atoms with E-state index in [1.165, 1.54) is 6.08 Å². The monoisotopic (exact) mass is 403 g/mol. The second-order valence-corrected chi connectivity index (χ2v) is 7.13. The van der Waals surface area contributed by atoms with E-state index in [2.05, 4.69) is 10.4 Å². The molecule has 0 aliphatic heterocycles. The average Bonchev–Trinajstić information content (AvgIpc) is 3.17. The summed E-state index contributed by atoms with van der Waals surface area (Å²) in [7, 11) is 0. The fraction of sp³-hybridized carbons (Fsp3) is 0.208. The van der Waals surface area contributed by atoms with Crippen molar-refractivity contribution in [3.8, 4) is 0 Å². The molecule has 3 rings (SSSR count). The average molecular weight is 403 g/mol. The van der Waals surface area contributed by atoms with Crippen LogP contribution < -0.4 is 5.32 Å². The normalized spacial score (nSPS) is 12.0. The first-order valence-corrected chi connectivity index (χ1v) is 9.74. The second-order valence-electron chi connectivity index (χ2n) is 7.13. The Bertz CT molecular complexity index is 1030. The SMILES string of the molecule is Cc1cccc(C)c1NC(=O)[C@H](C)OC(=O)/C=C/c1cnn(Cc2ccccc2)c1. The van der Waals surface area contributed by atoms with Gasteiger partial charge in [-0.2, -0.15) is 5.10 Å². The first kappa shape index (κ1) is 21.0. The molecule has 0 aliphatic rings. The van der Waals surface area contributed by atoms with Gasteiger partial charge in [-0.05, 0) is 43.5 Å². The number of hydrogen-bond donors (Lipinski definition) is 1. The minimum Gasteiger partial charge on any atom is -0.449 e. The predicted molar refractivity (Wildman–Crippen MR) is 117 cm³/mol. The summed E-state index contributed by atoms with van der Waals surface area (Å²) in [5, 5.41) is 7.12. The summed E-state index contributed by atoms with van der Waals surface area (Å²) in [5.41, 5.74) is 4.56. The van der Waals surface area contributed by atoms with Crippen LogP contribution in [0.25, 0.3) is 6.08 Å². The molecule has 154 valence electrons. The van der Waals surface area contributed by atoms with Crippen molar-refractivity contribution in [3.63, 3.8) is 0 Å². The molecule has 1 N–H and O–H groups in total. The molecule has 0 saturated heterocycles. The Balaban J connectivity index is 1.53. The number of benzene rings is 2. The van der Waals surface area contributed by atoms with Gasteiger partial charge in [0.25, 0.3) is 5.91 Å². The van der Waals surface area contributed by atoms with E-state index in [0.29, 0.717) is 6.54 Å². The molecular weight excluding hydrogens is 378 g/mol. The van der Waals surface area contributed by atoms with E-state index in [9.17, 15) is 9.59 Å². The molecule has 0 aliphatic carbocycles. The van der Waals surface area contributed by atoms with Crippen LogP contribution >= 0.6 is 0 Å². The molecule has 0 spiro atoms. The number of aryl methyl sites for hydroxylation is 2. The van der Waals surface area contributed by atoms with Crippen LogP contribution in [0.5, 0.6) is 0 Å². The molecule has 2 aromatic carbocycles. The smallest absolute Gasteiger partial charge is 0.331 e. The van der Waals surface area contributed by atoms with Crippen LogP contribution in [-0.4, -0.2) is 27.8 Å². The van der Waals surface area contributed by atoms with Gasteiger partial charge in [0.2, 0.25) is 0 Å².